The number of aromatic nitrogens is 1. The lowest BCUT2D eigenvalue weighted by Crippen LogP contribution is -2.68. The normalized spacial score (nSPS) is 11.1. The van der Waals surface area contributed by atoms with E-state index in [4.69, 9.17) is 24.4 Å². The maximum absolute atomic E-state index is 8.49. The van der Waals surface area contributed by atoms with Crippen molar-refractivity contribution in [2.24, 2.45) is 7.05 Å². The zero-order valence-corrected chi connectivity index (χ0v) is 12.1. The molecule has 0 atom stereocenters. The van der Waals surface area contributed by atoms with Gasteiger partial charge in [0.15, 0.2) is 12.4 Å². The standard InChI is InChI=1S/C14H14N2.ClHO4/c1-16-10-8-13(9-11-16)3-2-12-4-6-14(15)7-5-12;2-1(3,4)5/h2-11,15H,1H3;(H,2,3,4,5). The number of nitrogens with two attached hydrogens (primary N) is 1. The molecule has 0 unspecified atom stereocenters. The molecule has 0 amide bonds. The van der Waals surface area contributed by atoms with E-state index in [2.05, 4.69) is 24.3 Å². The fourth-order valence-electron chi connectivity index (χ4n) is 1.42. The Bertz CT molecular complexity index is 524. The molecule has 0 radical (unpaired) electrons. The Morgan fingerprint density at radius 1 is 0.857 bits per heavy atom. The van der Waals surface area contributed by atoms with Crippen molar-refractivity contribution in [3.05, 3.63) is 59.9 Å². The van der Waals surface area contributed by atoms with Crippen molar-refractivity contribution in [1.82, 2.24) is 0 Å². The van der Waals surface area contributed by atoms with Crippen molar-refractivity contribution in [2.45, 2.75) is 0 Å². The second kappa shape index (κ2) is 7.72. The average molecular weight is 311 g/mol. The van der Waals surface area contributed by atoms with Gasteiger partial charge in [0.1, 0.15) is 7.05 Å². The molecule has 0 saturated carbocycles. The third-order valence-electron chi connectivity index (χ3n) is 2.41. The van der Waals surface area contributed by atoms with E-state index in [1.165, 1.54) is 5.56 Å². The molecule has 0 aliphatic carbocycles. The predicted octanol–water partition coefficient (Wildman–Crippen LogP) is -2.49. The van der Waals surface area contributed by atoms with Crippen LogP contribution in [0.3, 0.4) is 0 Å². The molecule has 112 valence electrons. The van der Waals surface area contributed by atoms with E-state index in [-0.39, 0.29) is 0 Å². The lowest BCUT2D eigenvalue weighted by atomic mass is 10.1. The number of hydrogen-bond acceptors (Lipinski definition) is 5. The molecule has 7 heteroatoms. The number of nitrogen functional groups attached to an aromatic ring is 1. The maximum Gasteiger partial charge on any atom is 0.169 e. The lowest BCUT2D eigenvalue weighted by molar-refractivity contribution is -2.00. The second-order valence-electron chi connectivity index (χ2n) is 4.17. The van der Waals surface area contributed by atoms with Gasteiger partial charge in [0.05, 0.1) is 0 Å². The van der Waals surface area contributed by atoms with Gasteiger partial charge in [-0.1, -0.05) is 24.3 Å². The van der Waals surface area contributed by atoms with Crippen molar-refractivity contribution >= 4 is 17.8 Å². The number of aryl methyl sites for hydroxylation is 1. The Balaban J connectivity index is 0.000000383. The van der Waals surface area contributed by atoms with Crippen LogP contribution in [0.1, 0.15) is 11.1 Å². The first-order chi connectivity index (χ1) is 9.74. The van der Waals surface area contributed by atoms with Crippen molar-refractivity contribution in [1.29, 1.82) is 0 Å². The fourth-order valence-corrected chi connectivity index (χ4v) is 1.42. The first kappa shape index (κ1) is 17.1. The molecule has 2 aromatic rings. The van der Waals surface area contributed by atoms with Crippen LogP contribution in [0.25, 0.3) is 12.2 Å². The van der Waals surface area contributed by atoms with E-state index in [0.29, 0.717) is 0 Å². The van der Waals surface area contributed by atoms with Crippen LogP contribution in [-0.2, 0) is 7.05 Å². The van der Waals surface area contributed by atoms with Crippen LogP contribution in [0, 0.1) is 10.2 Å². The highest BCUT2D eigenvalue weighted by molar-refractivity contribution is 5.69. The van der Waals surface area contributed by atoms with E-state index in [0.717, 1.165) is 11.3 Å². The summed E-state index contributed by atoms with van der Waals surface area (Å²) < 4.78 is 36.0. The van der Waals surface area contributed by atoms with Crippen LogP contribution >= 0.6 is 0 Å². The number of halogens is 1. The number of nitrogens with zero attached hydrogens (tertiary/aromatic N) is 1. The summed E-state index contributed by atoms with van der Waals surface area (Å²) in [5, 5.41) is 0. The van der Waals surface area contributed by atoms with Gasteiger partial charge in [0, 0.05) is 17.8 Å². The summed E-state index contributed by atoms with van der Waals surface area (Å²) in [6.07, 6.45) is 8.23. The Kier molecular flexibility index (Phi) is 6.29. The molecule has 0 bridgehead atoms. The highest BCUT2D eigenvalue weighted by Gasteiger charge is 1.91. The smallest absolute Gasteiger partial charge is 0.169 e. The van der Waals surface area contributed by atoms with Crippen LogP contribution in [0.5, 0.6) is 0 Å². The van der Waals surface area contributed by atoms with E-state index in [1.54, 1.807) is 0 Å². The molecule has 0 saturated heterocycles. The Labute approximate surface area is 124 Å². The first-order valence-corrected chi connectivity index (χ1v) is 7.08. The van der Waals surface area contributed by atoms with Gasteiger partial charge in [-0.25, -0.2) is 23.2 Å². The summed E-state index contributed by atoms with van der Waals surface area (Å²) in [6, 6.07) is 12.0. The van der Waals surface area contributed by atoms with Gasteiger partial charge < -0.3 is 5.73 Å². The highest BCUT2D eigenvalue weighted by atomic mass is 35.7. The highest BCUT2D eigenvalue weighted by Crippen LogP contribution is 2.09. The minimum absolute atomic E-state index is 0.795. The molecular formula is C14H15ClN2O4. The van der Waals surface area contributed by atoms with Gasteiger partial charge >= 0.3 is 0 Å². The largest absolute Gasteiger partial charge is 0.399 e. The molecule has 1 aromatic carbocycles. The Hall–Kier alpha value is -1.96. The number of hydrogen-bond donors (Lipinski definition) is 1. The summed E-state index contributed by atoms with van der Waals surface area (Å²) >= 11 is 0. The topological polar surface area (TPSA) is 122 Å². The summed E-state index contributed by atoms with van der Waals surface area (Å²) in [5.41, 5.74) is 8.76. The van der Waals surface area contributed by atoms with Crippen molar-refractivity contribution in [2.75, 3.05) is 5.73 Å². The average Bonchev–Trinajstić information content (AvgIpc) is 2.38. The number of rotatable bonds is 2. The SMILES string of the molecule is C[n+]1ccc(C=Cc2ccc(N)cc2)cc1.[O-][Cl+3]([O-])([O-])[O-]. The summed E-state index contributed by atoms with van der Waals surface area (Å²) in [6.45, 7) is 0. The number of pyridine rings is 1. The zero-order valence-electron chi connectivity index (χ0n) is 11.3. The third-order valence-corrected chi connectivity index (χ3v) is 2.41. The Morgan fingerprint density at radius 3 is 1.67 bits per heavy atom. The molecule has 2 N–H and O–H groups in total. The molecule has 1 aromatic heterocycles. The van der Waals surface area contributed by atoms with Crippen LogP contribution in [-0.4, -0.2) is 0 Å². The van der Waals surface area contributed by atoms with E-state index in [9.17, 15) is 0 Å². The van der Waals surface area contributed by atoms with Gasteiger partial charge in [0.25, 0.3) is 0 Å². The molecule has 21 heavy (non-hydrogen) atoms. The van der Waals surface area contributed by atoms with Gasteiger partial charge in [-0.3, -0.25) is 0 Å². The van der Waals surface area contributed by atoms with Gasteiger partial charge in [0.2, 0.25) is 0 Å². The van der Waals surface area contributed by atoms with Gasteiger partial charge in [-0.05, 0) is 23.3 Å². The van der Waals surface area contributed by atoms with Crippen LogP contribution in [0.2, 0.25) is 0 Å². The maximum atomic E-state index is 8.49. The fraction of sp³-hybridized carbons (Fsp3) is 0.0714. The van der Waals surface area contributed by atoms with Crippen molar-refractivity contribution in [3.63, 3.8) is 0 Å². The minimum atomic E-state index is -4.94. The first-order valence-electron chi connectivity index (χ1n) is 5.85. The lowest BCUT2D eigenvalue weighted by Gasteiger charge is -2.17. The molecule has 0 spiro atoms. The van der Waals surface area contributed by atoms with Crippen LogP contribution < -0.4 is 28.9 Å². The van der Waals surface area contributed by atoms with Gasteiger partial charge in [-0.15, -0.1) is 10.2 Å². The van der Waals surface area contributed by atoms with Crippen molar-refractivity contribution in [3.8, 4) is 0 Å². The molecule has 0 aliphatic rings. The monoisotopic (exact) mass is 310 g/mol. The van der Waals surface area contributed by atoms with E-state index in [1.807, 2.05) is 48.3 Å². The summed E-state index contributed by atoms with van der Waals surface area (Å²) in [5.74, 6) is 0. The molecule has 1 heterocycles. The number of anilines is 1. The minimum Gasteiger partial charge on any atom is -0.399 e. The van der Waals surface area contributed by atoms with Gasteiger partial charge in [-0.2, -0.15) is 0 Å². The molecule has 0 aliphatic heterocycles. The van der Waals surface area contributed by atoms with E-state index < -0.39 is 10.2 Å². The third kappa shape index (κ3) is 8.74. The summed E-state index contributed by atoms with van der Waals surface area (Å²) in [7, 11) is -2.94. The van der Waals surface area contributed by atoms with Crippen molar-refractivity contribution < 1.29 is 33.4 Å². The quantitative estimate of drug-likeness (QED) is 0.485. The Morgan fingerprint density at radius 2 is 1.24 bits per heavy atom. The zero-order chi connectivity index (χ0) is 15.9. The summed E-state index contributed by atoms with van der Waals surface area (Å²) in [4.78, 5) is 0. The molecule has 2 rings (SSSR count). The van der Waals surface area contributed by atoms with E-state index >= 15 is 0 Å². The predicted molar refractivity (Wildman–Crippen MR) is 67.4 cm³/mol. The number of benzene rings is 1. The van der Waals surface area contributed by atoms with Crippen LogP contribution in [0.15, 0.2) is 48.8 Å². The molecule has 0 fully saturated rings. The van der Waals surface area contributed by atoms with Crippen LogP contribution in [0.4, 0.5) is 5.69 Å². The molecular weight excluding hydrogens is 296 g/mol. The molecule has 6 nitrogen and oxygen atoms in total. The second-order valence-corrected chi connectivity index (χ2v) is 4.93.